The lowest BCUT2D eigenvalue weighted by molar-refractivity contribution is 0.0639. The fourth-order valence-electron chi connectivity index (χ4n) is 2.60. The molecule has 2 rings (SSSR count). The Morgan fingerprint density at radius 2 is 1.73 bits per heavy atom. The van der Waals surface area contributed by atoms with Crippen LogP contribution >= 0.6 is 11.6 Å². The Balaban J connectivity index is 1.88. The Kier molecular flexibility index (Phi) is 8.36. The fourth-order valence-corrected chi connectivity index (χ4v) is 2.72. The van der Waals surface area contributed by atoms with Crippen molar-refractivity contribution in [1.82, 2.24) is 4.90 Å². The SMILES string of the molecule is CC(C)CCN(Cc1ccc(F)cc1)CC(O)COc1ccc(Cl)cc1. The highest BCUT2D eigenvalue weighted by Gasteiger charge is 2.14. The zero-order valence-corrected chi connectivity index (χ0v) is 16.1. The third-order valence-electron chi connectivity index (χ3n) is 4.07. The molecule has 0 aliphatic carbocycles. The van der Waals surface area contributed by atoms with Crippen molar-refractivity contribution in [3.63, 3.8) is 0 Å². The van der Waals surface area contributed by atoms with Gasteiger partial charge in [-0.2, -0.15) is 0 Å². The average molecular weight is 380 g/mol. The summed E-state index contributed by atoms with van der Waals surface area (Å²) in [7, 11) is 0. The van der Waals surface area contributed by atoms with Gasteiger partial charge in [0.2, 0.25) is 0 Å². The molecule has 0 bridgehead atoms. The number of halogens is 2. The molecule has 3 nitrogen and oxygen atoms in total. The van der Waals surface area contributed by atoms with Crippen LogP contribution in [0.25, 0.3) is 0 Å². The minimum atomic E-state index is -0.613. The van der Waals surface area contributed by atoms with E-state index in [1.807, 2.05) is 0 Å². The predicted molar refractivity (Wildman–Crippen MR) is 104 cm³/mol. The zero-order chi connectivity index (χ0) is 18.9. The smallest absolute Gasteiger partial charge is 0.123 e. The number of nitrogens with zero attached hydrogens (tertiary/aromatic N) is 1. The molecule has 2 aromatic rings. The topological polar surface area (TPSA) is 32.7 Å². The molecule has 0 saturated heterocycles. The molecular formula is C21H27ClFNO2. The Morgan fingerprint density at radius 3 is 2.35 bits per heavy atom. The van der Waals surface area contributed by atoms with Gasteiger partial charge in [0.1, 0.15) is 24.3 Å². The third kappa shape index (κ3) is 7.73. The average Bonchev–Trinajstić information content (AvgIpc) is 2.61. The number of hydrogen-bond acceptors (Lipinski definition) is 3. The van der Waals surface area contributed by atoms with E-state index in [1.54, 1.807) is 36.4 Å². The van der Waals surface area contributed by atoms with Crippen LogP contribution in [-0.2, 0) is 6.54 Å². The first kappa shape index (κ1) is 20.7. The number of aliphatic hydroxyl groups is 1. The van der Waals surface area contributed by atoms with E-state index in [0.717, 1.165) is 18.5 Å². The Bertz CT molecular complexity index is 646. The second-order valence-corrected chi connectivity index (χ2v) is 7.40. The van der Waals surface area contributed by atoms with Gasteiger partial charge in [-0.15, -0.1) is 0 Å². The van der Waals surface area contributed by atoms with Gasteiger partial charge < -0.3 is 9.84 Å². The molecule has 0 aromatic heterocycles. The van der Waals surface area contributed by atoms with E-state index >= 15 is 0 Å². The first-order valence-electron chi connectivity index (χ1n) is 8.95. The van der Waals surface area contributed by atoms with Crippen LogP contribution < -0.4 is 4.74 Å². The van der Waals surface area contributed by atoms with E-state index in [-0.39, 0.29) is 12.4 Å². The van der Waals surface area contributed by atoms with E-state index in [0.29, 0.717) is 29.8 Å². The minimum Gasteiger partial charge on any atom is -0.491 e. The third-order valence-corrected chi connectivity index (χ3v) is 4.32. The van der Waals surface area contributed by atoms with Gasteiger partial charge in [-0.1, -0.05) is 37.6 Å². The van der Waals surface area contributed by atoms with Crippen LogP contribution in [0.4, 0.5) is 4.39 Å². The molecule has 5 heteroatoms. The molecule has 0 saturated carbocycles. The van der Waals surface area contributed by atoms with Gasteiger partial charge in [0.25, 0.3) is 0 Å². The van der Waals surface area contributed by atoms with E-state index in [1.165, 1.54) is 12.1 Å². The van der Waals surface area contributed by atoms with Crippen LogP contribution in [0.1, 0.15) is 25.8 Å². The molecule has 1 unspecified atom stereocenters. The molecule has 0 fully saturated rings. The molecule has 0 aliphatic rings. The van der Waals surface area contributed by atoms with Gasteiger partial charge in [-0.3, -0.25) is 4.90 Å². The van der Waals surface area contributed by atoms with E-state index < -0.39 is 6.10 Å². The molecule has 0 radical (unpaired) electrons. The highest BCUT2D eigenvalue weighted by atomic mass is 35.5. The molecular weight excluding hydrogens is 353 g/mol. The summed E-state index contributed by atoms with van der Waals surface area (Å²) in [4.78, 5) is 2.18. The number of rotatable bonds is 10. The van der Waals surface area contributed by atoms with Crippen molar-refractivity contribution in [2.75, 3.05) is 19.7 Å². The first-order chi connectivity index (χ1) is 12.4. The fraction of sp³-hybridized carbons (Fsp3) is 0.429. The monoisotopic (exact) mass is 379 g/mol. The molecule has 142 valence electrons. The van der Waals surface area contributed by atoms with Gasteiger partial charge >= 0.3 is 0 Å². The molecule has 2 aromatic carbocycles. The van der Waals surface area contributed by atoms with Crippen LogP contribution in [0, 0.1) is 11.7 Å². The summed E-state index contributed by atoms with van der Waals surface area (Å²) < 4.78 is 18.7. The molecule has 0 heterocycles. The van der Waals surface area contributed by atoms with Crippen molar-refractivity contribution in [3.8, 4) is 5.75 Å². The summed E-state index contributed by atoms with van der Waals surface area (Å²) in [6.45, 7) is 6.60. The normalized spacial score (nSPS) is 12.6. The van der Waals surface area contributed by atoms with Crippen molar-refractivity contribution in [3.05, 3.63) is 64.9 Å². The Hall–Kier alpha value is -1.62. The molecule has 0 amide bonds. The van der Waals surface area contributed by atoms with Gasteiger partial charge in [0.15, 0.2) is 0 Å². The summed E-state index contributed by atoms with van der Waals surface area (Å²) in [6, 6.07) is 13.6. The number of hydrogen-bond donors (Lipinski definition) is 1. The summed E-state index contributed by atoms with van der Waals surface area (Å²) >= 11 is 5.86. The zero-order valence-electron chi connectivity index (χ0n) is 15.4. The van der Waals surface area contributed by atoms with Crippen molar-refractivity contribution >= 4 is 11.6 Å². The Labute approximate surface area is 160 Å². The van der Waals surface area contributed by atoms with Crippen molar-refractivity contribution in [2.45, 2.75) is 32.9 Å². The van der Waals surface area contributed by atoms with Crippen molar-refractivity contribution < 1.29 is 14.2 Å². The van der Waals surface area contributed by atoms with Crippen LogP contribution in [0.2, 0.25) is 5.02 Å². The second-order valence-electron chi connectivity index (χ2n) is 6.96. The van der Waals surface area contributed by atoms with E-state index in [4.69, 9.17) is 16.3 Å². The van der Waals surface area contributed by atoms with E-state index in [9.17, 15) is 9.50 Å². The van der Waals surface area contributed by atoms with Gasteiger partial charge in [0, 0.05) is 18.1 Å². The second kappa shape index (κ2) is 10.5. The molecule has 0 spiro atoms. The summed E-state index contributed by atoms with van der Waals surface area (Å²) in [5.41, 5.74) is 1.03. The lowest BCUT2D eigenvalue weighted by atomic mass is 10.1. The number of benzene rings is 2. The lowest BCUT2D eigenvalue weighted by Crippen LogP contribution is -2.36. The minimum absolute atomic E-state index is 0.212. The number of aliphatic hydroxyl groups excluding tert-OH is 1. The molecule has 0 aliphatic heterocycles. The lowest BCUT2D eigenvalue weighted by Gasteiger charge is -2.26. The maximum Gasteiger partial charge on any atom is 0.123 e. The Morgan fingerprint density at radius 1 is 1.08 bits per heavy atom. The van der Waals surface area contributed by atoms with Gasteiger partial charge in [-0.25, -0.2) is 4.39 Å². The van der Waals surface area contributed by atoms with Crippen molar-refractivity contribution in [1.29, 1.82) is 0 Å². The molecule has 26 heavy (non-hydrogen) atoms. The summed E-state index contributed by atoms with van der Waals surface area (Å²) in [6.07, 6.45) is 0.421. The maximum absolute atomic E-state index is 13.1. The quantitative estimate of drug-likeness (QED) is 0.645. The largest absolute Gasteiger partial charge is 0.491 e. The van der Waals surface area contributed by atoms with Gasteiger partial charge in [0.05, 0.1) is 0 Å². The number of ether oxygens (including phenoxy) is 1. The summed E-state index contributed by atoms with van der Waals surface area (Å²) in [5.74, 6) is 1.02. The first-order valence-corrected chi connectivity index (χ1v) is 9.33. The standard InChI is InChI=1S/C21H27ClFNO2/c1-16(2)11-12-24(13-17-3-7-19(23)8-4-17)14-20(25)15-26-21-9-5-18(22)6-10-21/h3-10,16,20,25H,11-15H2,1-2H3. The summed E-state index contributed by atoms with van der Waals surface area (Å²) in [5, 5.41) is 11.0. The highest BCUT2D eigenvalue weighted by molar-refractivity contribution is 6.30. The molecule has 1 atom stereocenters. The van der Waals surface area contributed by atoms with Crippen molar-refractivity contribution in [2.24, 2.45) is 5.92 Å². The predicted octanol–water partition coefficient (Wildman–Crippen LogP) is 4.77. The maximum atomic E-state index is 13.1. The van der Waals surface area contributed by atoms with Crippen LogP contribution in [-0.4, -0.2) is 35.8 Å². The van der Waals surface area contributed by atoms with Crippen LogP contribution in [0.3, 0.4) is 0 Å². The van der Waals surface area contributed by atoms with E-state index in [2.05, 4.69) is 18.7 Å². The van der Waals surface area contributed by atoms with Crippen LogP contribution in [0.15, 0.2) is 48.5 Å². The van der Waals surface area contributed by atoms with Gasteiger partial charge in [-0.05, 0) is 60.8 Å². The highest BCUT2D eigenvalue weighted by Crippen LogP contribution is 2.16. The molecule has 1 N–H and O–H groups in total. The van der Waals surface area contributed by atoms with Crippen LogP contribution in [0.5, 0.6) is 5.75 Å².